The van der Waals surface area contributed by atoms with Crippen LogP contribution in [-0.4, -0.2) is 16.2 Å². The van der Waals surface area contributed by atoms with Gasteiger partial charge in [-0.05, 0) is 37.3 Å². The van der Waals surface area contributed by atoms with Crippen molar-refractivity contribution in [2.24, 2.45) is 0 Å². The summed E-state index contributed by atoms with van der Waals surface area (Å²) in [5, 5.41) is 14.1. The summed E-state index contributed by atoms with van der Waals surface area (Å²) in [6.07, 6.45) is -1.88. The molecule has 38 heavy (non-hydrogen) atoms. The van der Waals surface area contributed by atoms with Crippen LogP contribution in [-0.2, 0) is 23.0 Å². The summed E-state index contributed by atoms with van der Waals surface area (Å²) in [6, 6.07) is 20.2. The zero-order chi connectivity index (χ0) is 26.5. The third kappa shape index (κ3) is 4.23. The van der Waals surface area contributed by atoms with Crippen molar-refractivity contribution in [1.29, 1.82) is 0 Å². The van der Waals surface area contributed by atoms with Gasteiger partial charge in [-0.2, -0.15) is 13.2 Å². The van der Waals surface area contributed by atoms with E-state index in [4.69, 9.17) is 9.26 Å². The Balaban J connectivity index is 1.45. The Labute approximate surface area is 216 Å². The van der Waals surface area contributed by atoms with E-state index in [9.17, 15) is 23.1 Å². The number of hydrogen-bond acceptors (Lipinski definition) is 4. The standard InChI is InChI=1S/C30H24F3NO4/c31-30(32,33)23-11-5-4-9-21(23)25-22(26(38-34-25)19-13-14-19)17-37-27-20(18-7-2-1-3-8-18)10-6-12-24(27)29(15-16-29)28(35)36/h1-12,19H,13-17H2,(H,35,36). The molecule has 194 valence electrons. The Hall–Kier alpha value is -4.07. The molecule has 2 aliphatic carbocycles. The van der Waals surface area contributed by atoms with Crippen LogP contribution in [0.25, 0.3) is 22.4 Å². The summed E-state index contributed by atoms with van der Waals surface area (Å²) in [5.74, 6) is 0.0909. The molecule has 4 aromatic rings. The highest BCUT2D eigenvalue weighted by molar-refractivity contribution is 5.88. The maximum absolute atomic E-state index is 13.9. The van der Waals surface area contributed by atoms with Gasteiger partial charge in [0.05, 0.1) is 16.5 Å². The average Bonchev–Trinajstić information content (AvgIpc) is 3.85. The lowest BCUT2D eigenvalue weighted by Gasteiger charge is -2.20. The summed E-state index contributed by atoms with van der Waals surface area (Å²) in [6.45, 7) is -0.108. The second-order valence-corrected chi connectivity index (χ2v) is 9.92. The number of nitrogens with zero attached hydrogens (tertiary/aromatic N) is 1. The highest BCUT2D eigenvalue weighted by atomic mass is 19.4. The molecule has 0 atom stereocenters. The number of halogens is 3. The van der Waals surface area contributed by atoms with Crippen LogP contribution in [0.3, 0.4) is 0 Å². The van der Waals surface area contributed by atoms with Crippen LogP contribution in [0.2, 0.25) is 0 Å². The quantitative estimate of drug-likeness (QED) is 0.260. The van der Waals surface area contributed by atoms with E-state index < -0.39 is 23.1 Å². The molecule has 5 nitrogen and oxygen atoms in total. The summed E-state index contributed by atoms with van der Waals surface area (Å²) < 4.78 is 53.6. The molecule has 0 bridgehead atoms. The monoisotopic (exact) mass is 519 g/mol. The number of aromatic nitrogens is 1. The first-order valence-electron chi connectivity index (χ1n) is 12.5. The van der Waals surface area contributed by atoms with Gasteiger partial charge in [-0.1, -0.05) is 71.9 Å². The van der Waals surface area contributed by atoms with Gasteiger partial charge < -0.3 is 14.4 Å². The van der Waals surface area contributed by atoms with E-state index in [-0.39, 0.29) is 23.8 Å². The van der Waals surface area contributed by atoms with Crippen LogP contribution in [0, 0.1) is 0 Å². The molecule has 0 radical (unpaired) electrons. The predicted molar refractivity (Wildman–Crippen MR) is 134 cm³/mol. The van der Waals surface area contributed by atoms with Crippen molar-refractivity contribution in [2.45, 2.75) is 49.8 Å². The van der Waals surface area contributed by atoms with Crippen LogP contribution < -0.4 is 4.74 Å². The van der Waals surface area contributed by atoms with Crippen LogP contribution in [0.15, 0.2) is 77.3 Å². The van der Waals surface area contributed by atoms with Crippen LogP contribution in [0.1, 0.15) is 54.1 Å². The van der Waals surface area contributed by atoms with Crippen molar-refractivity contribution in [3.8, 4) is 28.1 Å². The topological polar surface area (TPSA) is 72.6 Å². The van der Waals surface area contributed by atoms with E-state index in [0.717, 1.165) is 30.0 Å². The Morgan fingerprint density at radius 3 is 2.32 bits per heavy atom. The molecular weight excluding hydrogens is 495 g/mol. The van der Waals surface area contributed by atoms with E-state index in [0.29, 0.717) is 35.5 Å². The lowest BCUT2D eigenvalue weighted by molar-refractivity contribution is -0.140. The first kappa shape index (κ1) is 24.3. The number of para-hydroxylation sites is 1. The first-order chi connectivity index (χ1) is 18.3. The van der Waals surface area contributed by atoms with E-state index in [1.807, 2.05) is 42.5 Å². The molecule has 0 spiro atoms. The van der Waals surface area contributed by atoms with Gasteiger partial charge in [-0.15, -0.1) is 0 Å². The summed E-state index contributed by atoms with van der Waals surface area (Å²) in [7, 11) is 0. The van der Waals surface area contributed by atoms with Crippen molar-refractivity contribution in [3.05, 3.63) is 95.2 Å². The molecule has 6 rings (SSSR count). The molecule has 0 aliphatic heterocycles. The number of ether oxygens (including phenoxy) is 1. The number of rotatable bonds is 8. The van der Waals surface area contributed by atoms with Crippen LogP contribution in [0.4, 0.5) is 13.2 Å². The van der Waals surface area contributed by atoms with Gasteiger partial charge in [0.1, 0.15) is 23.8 Å². The number of aliphatic carboxylic acids is 1. The third-order valence-corrected chi connectivity index (χ3v) is 7.39. The molecule has 1 N–H and O–H groups in total. The molecule has 1 heterocycles. The van der Waals surface area contributed by atoms with Crippen molar-refractivity contribution < 1.29 is 32.3 Å². The van der Waals surface area contributed by atoms with Gasteiger partial charge in [0.15, 0.2) is 0 Å². The van der Waals surface area contributed by atoms with Gasteiger partial charge in [0, 0.05) is 22.6 Å². The minimum atomic E-state index is -4.57. The maximum atomic E-state index is 13.9. The third-order valence-electron chi connectivity index (χ3n) is 7.39. The molecule has 3 aromatic carbocycles. The molecule has 0 amide bonds. The molecule has 8 heteroatoms. The van der Waals surface area contributed by atoms with E-state index >= 15 is 0 Å². The van der Waals surface area contributed by atoms with E-state index in [2.05, 4.69) is 5.16 Å². The number of hydrogen-bond donors (Lipinski definition) is 1. The smallest absolute Gasteiger partial charge is 0.417 e. The lowest BCUT2D eigenvalue weighted by Crippen LogP contribution is -2.21. The SMILES string of the molecule is O=C(O)C1(c2cccc(-c3ccccc3)c2OCc2c(-c3ccccc3C(F)(F)F)noc2C2CC2)CC1. The molecule has 2 fully saturated rings. The molecular formula is C30H24F3NO4. The van der Waals surface area contributed by atoms with Crippen molar-refractivity contribution >= 4 is 5.97 Å². The fraction of sp³-hybridized carbons (Fsp3) is 0.267. The van der Waals surface area contributed by atoms with Crippen LogP contribution in [0.5, 0.6) is 5.75 Å². The fourth-order valence-electron chi connectivity index (χ4n) is 5.06. The molecule has 0 unspecified atom stereocenters. The molecule has 2 saturated carbocycles. The lowest BCUT2D eigenvalue weighted by atomic mass is 9.91. The number of alkyl halides is 3. The largest absolute Gasteiger partial charge is 0.488 e. The van der Waals surface area contributed by atoms with E-state index in [1.54, 1.807) is 6.07 Å². The van der Waals surface area contributed by atoms with Crippen molar-refractivity contribution in [3.63, 3.8) is 0 Å². The number of carboxylic acids is 1. The van der Waals surface area contributed by atoms with Gasteiger partial charge in [-0.25, -0.2) is 0 Å². The maximum Gasteiger partial charge on any atom is 0.417 e. The van der Waals surface area contributed by atoms with Gasteiger partial charge in [0.2, 0.25) is 0 Å². The molecule has 2 aliphatic rings. The number of benzene rings is 3. The molecule has 0 saturated heterocycles. The first-order valence-corrected chi connectivity index (χ1v) is 12.5. The van der Waals surface area contributed by atoms with E-state index in [1.165, 1.54) is 18.2 Å². The second kappa shape index (κ2) is 9.04. The van der Waals surface area contributed by atoms with Gasteiger partial charge >= 0.3 is 12.1 Å². The Morgan fingerprint density at radius 1 is 0.974 bits per heavy atom. The zero-order valence-corrected chi connectivity index (χ0v) is 20.3. The minimum Gasteiger partial charge on any atom is -0.488 e. The summed E-state index contributed by atoms with van der Waals surface area (Å²) in [5.41, 5.74) is 0.766. The Bertz CT molecular complexity index is 1500. The van der Waals surface area contributed by atoms with Crippen molar-refractivity contribution in [1.82, 2.24) is 5.16 Å². The summed E-state index contributed by atoms with van der Waals surface area (Å²) >= 11 is 0. The summed E-state index contributed by atoms with van der Waals surface area (Å²) in [4.78, 5) is 12.3. The zero-order valence-electron chi connectivity index (χ0n) is 20.3. The van der Waals surface area contributed by atoms with Crippen LogP contribution >= 0.6 is 0 Å². The van der Waals surface area contributed by atoms with Crippen molar-refractivity contribution in [2.75, 3.05) is 0 Å². The minimum absolute atomic E-state index is 0.0741. The fourth-order valence-corrected chi connectivity index (χ4v) is 5.06. The van der Waals surface area contributed by atoms with Gasteiger partial charge in [0.25, 0.3) is 0 Å². The Kier molecular flexibility index (Phi) is 5.78. The second-order valence-electron chi connectivity index (χ2n) is 9.92. The normalized spacial score (nSPS) is 16.3. The number of carbonyl (C=O) groups is 1. The predicted octanol–water partition coefficient (Wildman–Crippen LogP) is 7.60. The van der Waals surface area contributed by atoms with Gasteiger partial charge in [-0.3, -0.25) is 4.79 Å². The number of carboxylic acid groups (broad SMARTS) is 1. The average molecular weight is 520 g/mol. The molecule has 1 aromatic heterocycles. The Morgan fingerprint density at radius 2 is 1.66 bits per heavy atom. The highest BCUT2D eigenvalue weighted by Crippen LogP contribution is 2.54. The highest BCUT2D eigenvalue weighted by Gasteiger charge is 2.53.